The van der Waals surface area contributed by atoms with Crippen LogP contribution in [-0.4, -0.2) is 38.0 Å². The lowest BCUT2D eigenvalue weighted by Crippen LogP contribution is -2.26. The topological polar surface area (TPSA) is 56.1 Å². The van der Waals surface area contributed by atoms with Gasteiger partial charge in [-0.25, -0.2) is 4.68 Å². The first-order valence-corrected chi connectivity index (χ1v) is 8.39. The van der Waals surface area contributed by atoms with Gasteiger partial charge in [-0.15, -0.1) is 5.10 Å². The molecule has 0 aliphatic carbocycles. The molecule has 0 aromatic carbocycles. The molecule has 3 heterocycles. The maximum Gasteiger partial charge on any atom is 0.138 e. The van der Waals surface area contributed by atoms with Gasteiger partial charge < -0.3 is 4.74 Å². The molecule has 6 heteroatoms. The Labute approximate surface area is 137 Å². The molecule has 0 saturated heterocycles. The van der Waals surface area contributed by atoms with E-state index in [1.165, 1.54) is 12.1 Å². The van der Waals surface area contributed by atoms with Crippen molar-refractivity contribution in [2.75, 3.05) is 13.1 Å². The second-order valence-electron chi connectivity index (χ2n) is 6.50. The van der Waals surface area contributed by atoms with Gasteiger partial charge in [0.1, 0.15) is 18.1 Å². The Morgan fingerprint density at radius 3 is 3.00 bits per heavy atom. The van der Waals surface area contributed by atoms with Crippen LogP contribution in [0.3, 0.4) is 0 Å². The third kappa shape index (κ3) is 4.28. The zero-order valence-corrected chi connectivity index (χ0v) is 14.0. The average Bonchev–Trinajstić information content (AvgIpc) is 2.81. The number of rotatable bonds is 6. The van der Waals surface area contributed by atoms with Crippen LogP contribution >= 0.6 is 0 Å². The molecule has 2 aromatic rings. The zero-order valence-electron chi connectivity index (χ0n) is 14.0. The Kier molecular flexibility index (Phi) is 5.23. The van der Waals surface area contributed by atoms with Crippen molar-refractivity contribution in [1.82, 2.24) is 24.9 Å². The fourth-order valence-corrected chi connectivity index (χ4v) is 2.78. The molecule has 0 saturated carbocycles. The normalized spacial score (nSPS) is 15.4. The summed E-state index contributed by atoms with van der Waals surface area (Å²) < 4.78 is 7.83. The zero-order chi connectivity index (χ0) is 16.1. The molecule has 23 heavy (non-hydrogen) atoms. The van der Waals surface area contributed by atoms with Crippen molar-refractivity contribution >= 4 is 0 Å². The summed E-state index contributed by atoms with van der Waals surface area (Å²) in [5.41, 5.74) is 2.13. The first-order chi connectivity index (χ1) is 11.2. The van der Waals surface area contributed by atoms with Crippen LogP contribution in [0, 0.1) is 5.92 Å². The fourth-order valence-electron chi connectivity index (χ4n) is 2.78. The predicted octanol–water partition coefficient (Wildman–Crippen LogP) is 2.50. The molecule has 0 spiro atoms. The number of hydrogen-bond acceptors (Lipinski definition) is 5. The van der Waals surface area contributed by atoms with E-state index in [0.717, 1.165) is 50.0 Å². The molecular formula is C17H25N5O. The summed E-state index contributed by atoms with van der Waals surface area (Å²) in [6, 6.07) is 3.78. The number of aromatic nitrogens is 4. The molecule has 1 aliphatic heterocycles. The Bertz CT molecular complexity index is 611. The largest absolute Gasteiger partial charge is 0.486 e. The lowest BCUT2D eigenvalue weighted by molar-refractivity contribution is 0.248. The van der Waals surface area contributed by atoms with E-state index in [2.05, 4.69) is 34.0 Å². The molecule has 0 bridgehead atoms. The molecule has 2 aromatic heterocycles. The van der Waals surface area contributed by atoms with E-state index in [1.807, 2.05) is 16.8 Å². The highest BCUT2D eigenvalue weighted by atomic mass is 16.5. The summed E-state index contributed by atoms with van der Waals surface area (Å²) in [5, 5.41) is 8.63. The van der Waals surface area contributed by atoms with Crippen molar-refractivity contribution in [3.63, 3.8) is 0 Å². The molecule has 0 N–H and O–H groups in total. The average molecular weight is 315 g/mol. The van der Waals surface area contributed by atoms with Crippen molar-refractivity contribution in [3.05, 3.63) is 35.9 Å². The van der Waals surface area contributed by atoms with Gasteiger partial charge in [-0.1, -0.05) is 19.1 Å². The Morgan fingerprint density at radius 1 is 1.30 bits per heavy atom. The lowest BCUT2D eigenvalue weighted by atomic mass is 10.1. The lowest BCUT2D eigenvalue weighted by Gasteiger charge is -2.20. The quantitative estimate of drug-likeness (QED) is 0.820. The minimum Gasteiger partial charge on any atom is -0.486 e. The molecule has 6 nitrogen and oxygen atoms in total. The summed E-state index contributed by atoms with van der Waals surface area (Å²) in [6.07, 6.45) is 5.81. The Balaban J connectivity index is 1.66. The summed E-state index contributed by atoms with van der Waals surface area (Å²) in [7, 11) is 0. The van der Waals surface area contributed by atoms with Gasteiger partial charge in [0, 0.05) is 25.8 Å². The summed E-state index contributed by atoms with van der Waals surface area (Å²) >= 11 is 0. The van der Waals surface area contributed by atoms with E-state index >= 15 is 0 Å². The number of hydrogen-bond donors (Lipinski definition) is 0. The highest BCUT2D eigenvalue weighted by Gasteiger charge is 2.20. The number of nitrogens with zero attached hydrogens (tertiary/aromatic N) is 5. The molecule has 0 radical (unpaired) electrons. The minimum absolute atomic E-state index is 0.443. The van der Waals surface area contributed by atoms with Gasteiger partial charge in [0.15, 0.2) is 0 Å². The van der Waals surface area contributed by atoms with E-state index in [4.69, 9.17) is 4.74 Å². The monoisotopic (exact) mass is 315 g/mol. The van der Waals surface area contributed by atoms with E-state index in [-0.39, 0.29) is 0 Å². The van der Waals surface area contributed by atoms with Gasteiger partial charge in [-0.05, 0) is 37.4 Å². The molecule has 0 atom stereocenters. The van der Waals surface area contributed by atoms with Crippen LogP contribution in [0.5, 0.6) is 5.75 Å². The van der Waals surface area contributed by atoms with Crippen LogP contribution in [0.2, 0.25) is 0 Å². The Hall–Kier alpha value is -1.95. The molecular weight excluding hydrogens is 290 g/mol. The van der Waals surface area contributed by atoms with Crippen molar-refractivity contribution in [3.8, 4) is 5.75 Å². The number of fused-ring (bicyclic) bond motifs is 1. The first-order valence-electron chi connectivity index (χ1n) is 8.39. The Morgan fingerprint density at radius 2 is 2.22 bits per heavy atom. The standard InChI is InChI=1S/C17H25N5O/c1-14(2)6-10-21-8-4-9-22-17(12-21)16(19-20-22)13-23-15-5-3-7-18-11-15/h3,5,7,11,14H,4,6,8-10,12-13H2,1-2H3. The van der Waals surface area contributed by atoms with Crippen LogP contribution in [0.4, 0.5) is 0 Å². The van der Waals surface area contributed by atoms with Crippen LogP contribution in [0.25, 0.3) is 0 Å². The fraction of sp³-hybridized carbons (Fsp3) is 0.588. The highest BCUT2D eigenvalue weighted by Crippen LogP contribution is 2.17. The summed E-state index contributed by atoms with van der Waals surface area (Å²) in [6.45, 7) is 9.09. The van der Waals surface area contributed by atoms with Gasteiger partial charge in [-0.3, -0.25) is 9.88 Å². The van der Waals surface area contributed by atoms with E-state index < -0.39 is 0 Å². The predicted molar refractivity (Wildman–Crippen MR) is 87.9 cm³/mol. The van der Waals surface area contributed by atoms with E-state index in [9.17, 15) is 0 Å². The van der Waals surface area contributed by atoms with Gasteiger partial charge in [0.25, 0.3) is 0 Å². The van der Waals surface area contributed by atoms with Gasteiger partial charge in [0.2, 0.25) is 0 Å². The summed E-state index contributed by atoms with van der Waals surface area (Å²) in [5.74, 6) is 1.49. The first kappa shape index (κ1) is 15.9. The van der Waals surface area contributed by atoms with Crippen LogP contribution in [-0.2, 0) is 19.7 Å². The third-order valence-electron chi connectivity index (χ3n) is 4.17. The second-order valence-corrected chi connectivity index (χ2v) is 6.50. The van der Waals surface area contributed by atoms with Crippen LogP contribution in [0.15, 0.2) is 24.5 Å². The second kappa shape index (κ2) is 7.55. The van der Waals surface area contributed by atoms with Gasteiger partial charge in [-0.2, -0.15) is 0 Å². The summed E-state index contributed by atoms with van der Waals surface area (Å²) in [4.78, 5) is 6.58. The van der Waals surface area contributed by atoms with E-state index in [1.54, 1.807) is 12.4 Å². The van der Waals surface area contributed by atoms with Crippen molar-refractivity contribution in [1.29, 1.82) is 0 Å². The molecule has 0 unspecified atom stereocenters. The van der Waals surface area contributed by atoms with Crippen molar-refractivity contribution in [2.24, 2.45) is 5.92 Å². The third-order valence-corrected chi connectivity index (χ3v) is 4.17. The SMILES string of the molecule is CC(C)CCN1CCCn2nnc(COc3cccnc3)c2C1. The van der Waals surface area contributed by atoms with Crippen LogP contribution < -0.4 is 4.74 Å². The van der Waals surface area contributed by atoms with Crippen molar-refractivity contribution < 1.29 is 4.74 Å². The maximum atomic E-state index is 5.79. The molecule has 0 fully saturated rings. The highest BCUT2D eigenvalue weighted by molar-refractivity contribution is 5.17. The van der Waals surface area contributed by atoms with Gasteiger partial charge in [0.05, 0.1) is 11.9 Å². The smallest absolute Gasteiger partial charge is 0.138 e. The minimum atomic E-state index is 0.443. The number of ether oxygens (including phenoxy) is 1. The molecule has 124 valence electrons. The van der Waals surface area contributed by atoms with Crippen molar-refractivity contribution in [2.45, 2.75) is 46.4 Å². The van der Waals surface area contributed by atoms with E-state index in [0.29, 0.717) is 6.61 Å². The number of aryl methyl sites for hydroxylation is 1. The molecule has 3 rings (SSSR count). The maximum absolute atomic E-state index is 5.79. The number of pyridine rings is 1. The van der Waals surface area contributed by atoms with Gasteiger partial charge >= 0.3 is 0 Å². The molecule has 0 amide bonds. The molecule has 1 aliphatic rings. The van der Waals surface area contributed by atoms with Crippen LogP contribution in [0.1, 0.15) is 38.1 Å².